The van der Waals surface area contributed by atoms with Gasteiger partial charge in [0.05, 0.1) is 6.61 Å². The number of aryl methyl sites for hydroxylation is 1. The van der Waals surface area contributed by atoms with E-state index in [2.05, 4.69) is 0 Å². The fourth-order valence-electron chi connectivity index (χ4n) is 1.02. The van der Waals surface area contributed by atoms with Gasteiger partial charge in [-0.1, -0.05) is 12.1 Å². The van der Waals surface area contributed by atoms with E-state index in [1.807, 2.05) is 25.1 Å². The van der Waals surface area contributed by atoms with Crippen LogP contribution in [0.4, 0.5) is 0 Å². The van der Waals surface area contributed by atoms with Gasteiger partial charge >= 0.3 is 0 Å². The zero-order valence-electron chi connectivity index (χ0n) is 7.91. The Morgan fingerprint density at radius 3 is 2.77 bits per heavy atom. The molecule has 0 aliphatic rings. The monoisotopic (exact) mass is 182 g/mol. The average Bonchev–Trinajstić information content (AvgIpc) is 2.17. The Labute approximate surface area is 77.9 Å². The first-order valence-corrected chi connectivity index (χ1v) is 4.10. The van der Waals surface area contributed by atoms with Gasteiger partial charge in [-0.3, -0.25) is 0 Å². The second-order valence-corrected chi connectivity index (χ2v) is 2.81. The number of hydrogen-bond donors (Lipinski definition) is 1. The van der Waals surface area contributed by atoms with Crippen molar-refractivity contribution < 1.29 is 14.6 Å². The van der Waals surface area contributed by atoms with Crippen LogP contribution in [0.15, 0.2) is 18.2 Å². The highest BCUT2D eigenvalue weighted by atomic mass is 16.7. The quantitative estimate of drug-likeness (QED) is 0.716. The SMILES string of the molecule is COCOc1cc(CO)ccc1C. The summed E-state index contributed by atoms with van der Waals surface area (Å²) in [6.45, 7) is 2.21. The van der Waals surface area contributed by atoms with E-state index in [1.165, 1.54) is 0 Å². The van der Waals surface area contributed by atoms with E-state index in [1.54, 1.807) is 7.11 Å². The first-order chi connectivity index (χ1) is 6.27. The molecule has 0 saturated heterocycles. The van der Waals surface area contributed by atoms with Gasteiger partial charge in [-0.2, -0.15) is 0 Å². The predicted molar refractivity (Wildman–Crippen MR) is 49.6 cm³/mol. The molecular formula is C10H14O3. The van der Waals surface area contributed by atoms with E-state index in [0.717, 1.165) is 16.9 Å². The summed E-state index contributed by atoms with van der Waals surface area (Å²) in [6, 6.07) is 5.60. The van der Waals surface area contributed by atoms with E-state index in [-0.39, 0.29) is 13.4 Å². The Hall–Kier alpha value is -1.06. The molecule has 0 spiro atoms. The minimum absolute atomic E-state index is 0.0314. The van der Waals surface area contributed by atoms with Crippen molar-refractivity contribution in [2.75, 3.05) is 13.9 Å². The number of ether oxygens (including phenoxy) is 2. The Balaban J connectivity index is 2.78. The van der Waals surface area contributed by atoms with Crippen LogP contribution in [-0.2, 0) is 11.3 Å². The lowest BCUT2D eigenvalue weighted by atomic mass is 10.1. The predicted octanol–water partition coefficient (Wildman–Crippen LogP) is 1.47. The number of methoxy groups -OCH3 is 1. The largest absolute Gasteiger partial charge is 0.467 e. The minimum atomic E-state index is 0.0314. The van der Waals surface area contributed by atoms with Crippen LogP contribution in [-0.4, -0.2) is 19.0 Å². The zero-order valence-corrected chi connectivity index (χ0v) is 7.91. The van der Waals surface area contributed by atoms with Crippen molar-refractivity contribution in [1.82, 2.24) is 0 Å². The summed E-state index contributed by atoms with van der Waals surface area (Å²) < 4.78 is 10.1. The van der Waals surface area contributed by atoms with Crippen molar-refractivity contribution in [3.63, 3.8) is 0 Å². The van der Waals surface area contributed by atoms with Gasteiger partial charge < -0.3 is 14.6 Å². The molecule has 13 heavy (non-hydrogen) atoms. The average molecular weight is 182 g/mol. The lowest BCUT2D eigenvalue weighted by Crippen LogP contribution is -2.00. The molecule has 0 aliphatic carbocycles. The summed E-state index contributed by atoms with van der Waals surface area (Å²) in [5.41, 5.74) is 1.88. The van der Waals surface area contributed by atoms with Crippen LogP contribution >= 0.6 is 0 Å². The molecule has 0 amide bonds. The number of aliphatic hydroxyl groups excluding tert-OH is 1. The third-order valence-electron chi connectivity index (χ3n) is 1.77. The molecule has 0 bridgehead atoms. The molecule has 0 atom stereocenters. The van der Waals surface area contributed by atoms with Crippen LogP contribution in [0, 0.1) is 6.92 Å². The molecule has 0 radical (unpaired) electrons. The van der Waals surface area contributed by atoms with Gasteiger partial charge in [0.1, 0.15) is 5.75 Å². The Morgan fingerprint density at radius 1 is 1.38 bits per heavy atom. The first-order valence-electron chi connectivity index (χ1n) is 4.10. The maximum atomic E-state index is 8.89. The van der Waals surface area contributed by atoms with Gasteiger partial charge in [0.15, 0.2) is 6.79 Å². The lowest BCUT2D eigenvalue weighted by molar-refractivity contribution is 0.0505. The highest BCUT2D eigenvalue weighted by Gasteiger charge is 2.00. The van der Waals surface area contributed by atoms with Gasteiger partial charge in [-0.25, -0.2) is 0 Å². The van der Waals surface area contributed by atoms with Crippen LogP contribution in [0.1, 0.15) is 11.1 Å². The highest BCUT2D eigenvalue weighted by Crippen LogP contribution is 2.19. The van der Waals surface area contributed by atoms with Crippen molar-refractivity contribution >= 4 is 0 Å². The van der Waals surface area contributed by atoms with Crippen molar-refractivity contribution in [2.45, 2.75) is 13.5 Å². The molecule has 0 aromatic heterocycles. The van der Waals surface area contributed by atoms with Gasteiger partial charge in [0, 0.05) is 7.11 Å². The molecule has 72 valence electrons. The van der Waals surface area contributed by atoms with Crippen molar-refractivity contribution in [3.05, 3.63) is 29.3 Å². The maximum absolute atomic E-state index is 8.89. The van der Waals surface area contributed by atoms with Gasteiger partial charge in [0.25, 0.3) is 0 Å². The Kier molecular flexibility index (Phi) is 3.73. The van der Waals surface area contributed by atoms with Crippen molar-refractivity contribution in [1.29, 1.82) is 0 Å². The number of benzene rings is 1. The van der Waals surface area contributed by atoms with Crippen LogP contribution in [0.2, 0.25) is 0 Å². The molecule has 0 unspecified atom stereocenters. The third kappa shape index (κ3) is 2.72. The van der Waals surface area contributed by atoms with Crippen LogP contribution in [0.3, 0.4) is 0 Å². The molecule has 1 N–H and O–H groups in total. The van der Waals surface area contributed by atoms with Gasteiger partial charge in [0.2, 0.25) is 0 Å². The Morgan fingerprint density at radius 2 is 2.15 bits per heavy atom. The molecule has 1 aromatic carbocycles. The van der Waals surface area contributed by atoms with Crippen LogP contribution < -0.4 is 4.74 Å². The maximum Gasteiger partial charge on any atom is 0.188 e. The molecule has 1 aromatic rings. The number of rotatable bonds is 4. The zero-order chi connectivity index (χ0) is 9.68. The lowest BCUT2D eigenvalue weighted by Gasteiger charge is -2.08. The molecule has 1 rings (SSSR count). The summed E-state index contributed by atoms with van der Waals surface area (Å²) in [4.78, 5) is 0. The number of hydrogen-bond acceptors (Lipinski definition) is 3. The minimum Gasteiger partial charge on any atom is -0.467 e. The summed E-state index contributed by atoms with van der Waals surface area (Å²) in [5.74, 6) is 0.758. The summed E-state index contributed by atoms with van der Waals surface area (Å²) >= 11 is 0. The summed E-state index contributed by atoms with van der Waals surface area (Å²) in [5, 5.41) is 8.89. The molecule has 0 heterocycles. The van der Waals surface area contributed by atoms with Gasteiger partial charge in [-0.15, -0.1) is 0 Å². The topological polar surface area (TPSA) is 38.7 Å². The summed E-state index contributed by atoms with van der Waals surface area (Å²) in [7, 11) is 1.57. The third-order valence-corrected chi connectivity index (χ3v) is 1.77. The van der Waals surface area contributed by atoms with Crippen LogP contribution in [0.25, 0.3) is 0 Å². The number of aliphatic hydroxyl groups is 1. The molecular weight excluding hydrogens is 168 g/mol. The van der Waals surface area contributed by atoms with E-state index in [9.17, 15) is 0 Å². The van der Waals surface area contributed by atoms with Crippen molar-refractivity contribution in [2.24, 2.45) is 0 Å². The van der Waals surface area contributed by atoms with Crippen molar-refractivity contribution in [3.8, 4) is 5.75 Å². The van der Waals surface area contributed by atoms with E-state index in [4.69, 9.17) is 14.6 Å². The van der Waals surface area contributed by atoms with E-state index >= 15 is 0 Å². The molecule has 3 heteroatoms. The first kappa shape index (κ1) is 10.0. The molecule has 0 aliphatic heterocycles. The van der Waals surface area contributed by atoms with Crippen LogP contribution in [0.5, 0.6) is 5.75 Å². The standard InChI is InChI=1S/C10H14O3/c1-8-3-4-9(6-11)5-10(8)13-7-12-2/h3-5,11H,6-7H2,1-2H3. The van der Waals surface area contributed by atoms with E-state index in [0.29, 0.717) is 0 Å². The normalized spacial score (nSPS) is 10.1. The van der Waals surface area contributed by atoms with E-state index < -0.39 is 0 Å². The fraction of sp³-hybridized carbons (Fsp3) is 0.400. The fourth-order valence-corrected chi connectivity index (χ4v) is 1.02. The smallest absolute Gasteiger partial charge is 0.188 e. The summed E-state index contributed by atoms with van der Waals surface area (Å²) in [6.07, 6.45) is 0. The highest BCUT2D eigenvalue weighted by molar-refractivity contribution is 5.36. The second kappa shape index (κ2) is 4.84. The molecule has 3 nitrogen and oxygen atoms in total. The second-order valence-electron chi connectivity index (χ2n) is 2.81. The molecule has 0 fully saturated rings. The molecule has 0 saturated carbocycles. The van der Waals surface area contributed by atoms with Gasteiger partial charge in [-0.05, 0) is 24.1 Å². The Bertz CT molecular complexity index is 271.